The van der Waals surface area contributed by atoms with E-state index in [4.69, 9.17) is 15.0 Å². The van der Waals surface area contributed by atoms with Crippen LogP contribution in [0, 0.1) is 13.8 Å². The van der Waals surface area contributed by atoms with Gasteiger partial charge in [0.15, 0.2) is 11.4 Å². The van der Waals surface area contributed by atoms with E-state index < -0.39 is 5.18 Å². The Labute approximate surface area is 196 Å². The number of aryl methyl sites for hydroxylation is 2. The fourth-order valence-electron chi connectivity index (χ4n) is 4.25. The monoisotopic (exact) mass is 450 g/mol. The van der Waals surface area contributed by atoms with Crippen LogP contribution in [0.1, 0.15) is 11.1 Å². The minimum absolute atomic E-state index is 0.724. The number of nitrogens with zero attached hydrogens (tertiary/aromatic N) is 4. The molecule has 2 aliphatic rings. The minimum Gasteiger partial charge on any atom is -0.363 e. The van der Waals surface area contributed by atoms with Gasteiger partial charge in [-0.25, -0.2) is 0 Å². The van der Waals surface area contributed by atoms with E-state index in [2.05, 4.69) is 26.0 Å². The molecule has 0 saturated heterocycles. The Morgan fingerprint density at radius 2 is 1.27 bits per heavy atom. The van der Waals surface area contributed by atoms with Crippen LogP contribution in [0.2, 0.25) is 0 Å². The quantitative estimate of drug-likeness (QED) is 0.291. The van der Waals surface area contributed by atoms with Crippen molar-refractivity contribution in [3.8, 4) is 5.75 Å². The van der Waals surface area contributed by atoms with Gasteiger partial charge in [0.05, 0.1) is 16.7 Å². The highest BCUT2D eigenvalue weighted by Gasteiger charge is 2.68. The Morgan fingerprint density at radius 3 is 1.94 bits per heavy atom. The van der Waals surface area contributed by atoms with Gasteiger partial charge in [0.1, 0.15) is 5.69 Å². The molecule has 0 unspecified atom stereocenters. The zero-order chi connectivity index (χ0) is 22.4. The molecule has 0 fully saturated rings. The first-order valence-electron chi connectivity index (χ1n) is 10.9. The number of rotatable bonds is 2. The molecule has 1 atom stereocenters. The first-order valence-corrected chi connectivity index (χ1v) is 11.7. The van der Waals surface area contributed by atoms with Gasteiger partial charge in [-0.15, -0.1) is 0 Å². The molecular formula is C27H22N4OS+2. The van der Waals surface area contributed by atoms with Gasteiger partial charge >= 0.3 is 5.18 Å². The Kier molecular flexibility index (Phi) is 4.62. The SMILES string of the molecule is Cc1cc(C)c2c(c1)N=[N+](c1ccccc1)[C@@]1(Oc3ccccc3N=[N+]1c1ccccc1)S2. The molecule has 160 valence electrons. The third-order valence-electron chi connectivity index (χ3n) is 5.69. The van der Waals surface area contributed by atoms with Crippen molar-refractivity contribution in [3.05, 3.63) is 108 Å². The Balaban J connectivity index is 1.68. The summed E-state index contributed by atoms with van der Waals surface area (Å²) in [5.41, 5.74) is 5.91. The van der Waals surface area contributed by atoms with Crippen molar-refractivity contribution < 1.29 is 14.1 Å². The molecule has 1 spiro atoms. The average Bonchev–Trinajstić information content (AvgIpc) is 2.85. The second kappa shape index (κ2) is 7.67. The first-order chi connectivity index (χ1) is 16.1. The summed E-state index contributed by atoms with van der Waals surface area (Å²) in [6, 6.07) is 32.4. The summed E-state index contributed by atoms with van der Waals surface area (Å²) < 4.78 is 10.8. The lowest BCUT2D eigenvalue weighted by Gasteiger charge is -2.28. The Morgan fingerprint density at radius 1 is 0.697 bits per heavy atom. The molecule has 6 rings (SSSR count). The average molecular weight is 451 g/mol. The van der Waals surface area contributed by atoms with E-state index in [1.165, 1.54) is 11.1 Å². The number of hydrogen-bond acceptors (Lipinski definition) is 4. The third kappa shape index (κ3) is 3.26. The molecule has 33 heavy (non-hydrogen) atoms. The molecule has 0 N–H and O–H groups in total. The number of para-hydroxylation sites is 3. The Bertz CT molecular complexity index is 1430. The van der Waals surface area contributed by atoms with Crippen LogP contribution in [0.15, 0.2) is 112 Å². The van der Waals surface area contributed by atoms with E-state index in [0.29, 0.717) is 0 Å². The fraction of sp³-hybridized carbons (Fsp3) is 0.111. The molecule has 2 aliphatic heterocycles. The molecule has 5 nitrogen and oxygen atoms in total. The Hall–Kier alpha value is -3.77. The lowest BCUT2D eigenvalue weighted by atomic mass is 10.1. The molecular weight excluding hydrogens is 428 g/mol. The lowest BCUT2D eigenvalue weighted by Crippen LogP contribution is -2.51. The van der Waals surface area contributed by atoms with Crippen LogP contribution in [0.25, 0.3) is 0 Å². The van der Waals surface area contributed by atoms with Crippen LogP contribution in [0.3, 0.4) is 0 Å². The summed E-state index contributed by atoms with van der Waals surface area (Å²) in [5, 5.41) is 9.14. The highest BCUT2D eigenvalue weighted by atomic mass is 32.2. The largest absolute Gasteiger partial charge is 0.631 e. The van der Waals surface area contributed by atoms with Gasteiger partial charge in [0.2, 0.25) is 11.4 Å². The van der Waals surface area contributed by atoms with Crippen molar-refractivity contribution in [3.63, 3.8) is 0 Å². The van der Waals surface area contributed by atoms with Crippen LogP contribution < -0.4 is 4.74 Å². The standard InChI is InChI=1S/C27H22N4OS/c1-19-17-20(2)26-24(18-19)29-31(22-13-7-4-8-14-22)27(33-26)30(21-11-5-3-6-12-21)28-23-15-9-10-16-25(23)32-27/h3-18H,1-2H3/q+2/t27-/m0/s1. The number of thioether (sulfide) groups is 1. The van der Waals surface area contributed by atoms with Crippen LogP contribution in [-0.4, -0.2) is 14.6 Å². The van der Waals surface area contributed by atoms with Gasteiger partial charge in [-0.3, -0.25) is 0 Å². The highest BCUT2D eigenvalue weighted by molar-refractivity contribution is 8.00. The van der Waals surface area contributed by atoms with E-state index in [0.717, 1.165) is 33.4 Å². The zero-order valence-corrected chi connectivity index (χ0v) is 19.2. The number of benzene rings is 4. The maximum atomic E-state index is 6.86. The lowest BCUT2D eigenvalue weighted by molar-refractivity contribution is -0.824. The second-order valence-electron chi connectivity index (χ2n) is 8.15. The van der Waals surface area contributed by atoms with Gasteiger partial charge in [0, 0.05) is 43.9 Å². The highest BCUT2D eigenvalue weighted by Crippen LogP contribution is 2.54. The van der Waals surface area contributed by atoms with E-state index in [9.17, 15) is 0 Å². The van der Waals surface area contributed by atoms with Crippen LogP contribution in [0.5, 0.6) is 5.75 Å². The van der Waals surface area contributed by atoms with Gasteiger partial charge < -0.3 is 4.74 Å². The summed E-state index contributed by atoms with van der Waals surface area (Å²) in [4.78, 5) is 1.09. The van der Waals surface area contributed by atoms with Crippen molar-refractivity contribution in [1.82, 2.24) is 0 Å². The van der Waals surface area contributed by atoms with Crippen molar-refractivity contribution in [1.29, 1.82) is 0 Å². The smallest absolute Gasteiger partial charge is 0.363 e. The molecule has 0 saturated carbocycles. The third-order valence-corrected chi connectivity index (χ3v) is 7.13. The molecule has 0 amide bonds. The van der Waals surface area contributed by atoms with E-state index in [-0.39, 0.29) is 0 Å². The minimum atomic E-state index is -1.08. The number of azo groups is 4. The summed E-state index contributed by atoms with van der Waals surface area (Å²) in [6.45, 7) is 4.23. The topological polar surface area (TPSA) is 40.0 Å². The first kappa shape index (κ1) is 19.9. The van der Waals surface area contributed by atoms with Crippen molar-refractivity contribution in [2.45, 2.75) is 23.9 Å². The predicted octanol–water partition coefficient (Wildman–Crippen LogP) is 7.97. The number of fused-ring (bicyclic) bond motifs is 2. The van der Waals surface area contributed by atoms with Crippen molar-refractivity contribution >= 4 is 34.5 Å². The van der Waals surface area contributed by atoms with Crippen LogP contribution in [0.4, 0.5) is 22.7 Å². The molecule has 0 aliphatic carbocycles. The molecule has 0 aromatic heterocycles. The number of hydrogen-bond donors (Lipinski definition) is 0. The molecule has 6 heteroatoms. The van der Waals surface area contributed by atoms with Gasteiger partial charge in [-0.2, -0.15) is 0 Å². The van der Waals surface area contributed by atoms with Gasteiger partial charge in [-0.05, 0) is 43.2 Å². The van der Waals surface area contributed by atoms with Gasteiger partial charge in [-0.1, -0.05) is 54.6 Å². The maximum absolute atomic E-state index is 6.86. The van der Waals surface area contributed by atoms with Crippen molar-refractivity contribution in [2.75, 3.05) is 0 Å². The fourth-order valence-corrected chi connectivity index (χ4v) is 5.53. The molecule has 4 aromatic rings. The van der Waals surface area contributed by atoms with E-state index in [1.54, 1.807) is 11.8 Å². The van der Waals surface area contributed by atoms with Gasteiger partial charge in [0.25, 0.3) is 0 Å². The summed E-state index contributed by atoms with van der Waals surface area (Å²) in [6.07, 6.45) is 0. The molecule has 2 heterocycles. The van der Waals surface area contributed by atoms with Crippen LogP contribution >= 0.6 is 11.8 Å². The van der Waals surface area contributed by atoms with E-state index in [1.807, 2.05) is 94.3 Å². The summed E-state index contributed by atoms with van der Waals surface area (Å²) in [5.74, 6) is 0.724. The summed E-state index contributed by atoms with van der Waals surface area (Å²) >= 11 is 1.63. The second-order valence-corrected chi connectivity index (χ2v) is 9.29. The van der Waals surface area contributed by atoms with Crippen LogP contribution in [-0.2, 0) is 0 Å². The maximum Gasteiger partial charge on any atom is 0.631 e. The van der Waals surface area contributed by atoms with E-state index >= 15 is 0 Å². The number of ether oxygens (including phenoxy) is 1. The zero-order valence-electron chi connectivity index (χ0n) is 18.3. The van der Waals surface area contributed by atoms with Crippen molar-refractivity contribution in [2.24, 2.45) is 10.2 Å². The normalized spacial score (nSPS) is 18.6. The molecule has 0 radical (unpaired) electrons. The molecule has 0 bridgehead atoms. The predicted molar refractivity (Wildman–Crippen MR) is 128 cm³/mol. The molecule has 4 aromatic carbocycles. The summed E-state index contributed by atoms with van der Waals surface area (Å²) in [7, 11) is 0.